The molecule has 234 valence electrons. The first-order valence-electron chi connectivity index (χ1n) is 16.5. The fourth-order valence-electron chi connectivity index (χ4n) is 6.71. The van der Waals surface area contributed by atoms with Gasteiger partial charge in [-0.25, -0.2) is 19.9 Å². The quantitative estimate of drug-likeness (QED) is 0.184. The van der Waals surface area contributed by atoms with E-state index >= 15 is 0 Å². The summed E-state index contributed by atoms with van der Waals surface area (Å²) < 4.78 is 8.90. The number of nitrogens with zero attached hydrogens (tertiary/aromatic N) is 4. The highest BCUT2D eigenvalue weighted by Crippen LogP contribution is 2.42. The van der Waals surface area contributed by atoms with Crippen LogP contribution in [0.4, 0.5) is 0 Å². The summed E-state index contributed by atoms with van der Waals surface area (Å²) in [5.41, 5.74) is 10.1. The molecule has 10 aromatic rings. The molecule has 0 saturated carbocycles. The van der Waals surface area contributed by atoms with Crippen LogP contribution in [0.25, 0.3) is 98.8 Å². The Hall–Kier alpha value is -6.50. The summed E-state index contributed by atoms with van der Waals surface area (Å²) >= 11 is 1.73. The molecule has 0 radical (unpaired) electrons. The second kappa shape index (κ2) is 11.6. The van der Waals surface area contributed by atoms with E-state index < -0.39 is 0 Å². The molecule has 4 aromatic heterocycles. The smallest absolute Gasteiger partial charge is 0.164 e. The second-order valence-electron chi connectivity index (χ2n) is 12.2. The van der Waals surface area contributed by atoms with Gasteiger partial charge in [0.05, 0.1) is 32.9 Å². The second-order valence-corrected chi connectivity index (χ2v) is 13.3. The average Bonchev–Trinajstić information content (AvgIpc) is 3.76. The maximum absolute atomic E-state index is 6.63. The minimum Gasteiger partial charge on any atom is -0.455 e. The van der Waals surface area contributed by atoms with Crippen LogP contribution in [0, 0.1) is 0 Å². The van der Waals surface area contributed by atoms with Gasteiger partial charge in [-0.05, 0) is 36.4 Å². The number of rotatable bonds is 5. The Kier molecular flexibility index (Phi) is 6.60. The highest BCUT2D eigenvalue weighted by Gasteiger charge is 2.20. The molecule has 4 heterocycles. The maximum atomic E-state index is 6.63. The lowest BCUT2D eigenvalue weighted by atomic mass is 10.0. The third-order valence-electron chi connectivity index (χ3n) is 9.13. The fraction of sp³-hybridized carbons (Fsp3) is 0. The van der Waals surface area contributed by atoms with Crippen molar-refractivity contribution >= 4 is 53.6 Å². The zero-order chi connectivity index (χ0) is 33.0. The molecule has 5 nitrogen and oxygen atoms in total. The lowest BCUT2D eigenvalue weighted by molar-refractivity contribution is 0.669. The number of fused-ring (bicyclic) bond motifs is 6. The number of furan rings is 1. The molecule has 0 spiro atoms. The number of benzene rings is 6. The largest absolute Gasteiger partial charge is 0.455 e. The third-order valence-corrected chi connectivity index (χ3v) is 10.3. The topological polar surface area (TPSA) is 64.7 Å². The van der Waals surface area contributed by atoms with E-state index in [-0.39, 0.29) is 0 Å². The highest BCUT2D eigenvalue weighted by molar-refractivity contribution is 7.26. The van der Waals surface area contributed by atoms with Crippen LogP contribution in [-0.2, 0) is 0 Å². The Balaban J connectivity index is 1.16. The van der Waals surface area contributed by atoms with Crippen molar-refractivity contribution < 1.29 is 4.42 Å². The summed E-state index contributed by atoms with van der Waals surface area (Å²) in [7, 11) is 0. The molecular weight excluding hydrogens is 633 g/mol. The summed E-state index contributed by atoms with van der Waals surface area (Å²) in [5.74, 6) is 1.32. The van der Waals surface area contributed by atoms with E-state index in [9.17, 15) is 0 Å². The Labute approximate surface area is 291 Å². The van der Waals surface area contributed by atoms with Gasteiger partial charge in [0.15, 0.2) is 11.6 Å². The Morgan fingerprint density at radius 2 is 1.10 bits per heavy atom. The zero-order valence-corrected chi connectivity index (χ0v) is 27.4. The van der Waals surface area contributed by atoms with E-state index in [1.165, 1.54) is 4.70 Å². The maximum Gasteiger partial charge on any atom is 0.164 e. The van der Waals surface area contributed by atoms with Crippen LogP contribution in [0.1, 0.15) is 0 Å². The van der Waals surface area contributed by atoms with E-state index in [0.29, 0.717) is 11.6 Å². The SMILES string of the molecule is c1ccc(-c2cc(-c3ccc4oc5c(-c6nc(-c7ccccc7)c7sc8ccccc8c7n6)cccc5c4c3)nc(-c3ccccc3)n2)cc1. The van der Waals surface area contributed by atoms with Gasteiger partial charge in [0.25, 0.3) is 0 Å². The number of thiophene rings is 1. The van der Waals surface area contributed by atoms with Crippen LogP contribution in [0.3, 0.4) is 0 Å². The minimum atomic E-state index is 0.639. The zero-order valence-electron chi connectivity index (χ0n) is 26.6. The number of hydrogen-bond acceptors (Lipinski definition) is 6. The molecule has 0 saturated heterocycles. The Morgan fingerprint density at radius 3 is 1.88 bits per heavy atom. The van der Waals surface area contributed by atoms with Crippen molar-refractivity contribution in [2.24, 2.45) is 0 Å². The average molecular weight is 659 g/mol. The predicted molar refractivity (Wildman–Crippen MR) is 205 cm³/mol. The molecule has 0 N–H and O–H groups in total. The van der Waals surface area contributed by atoms with E-state index in [0.717, 1.165) is 82.4 Å². The molecule has 0 aliphatic carbocycles. The number of para-hydroxylation sites is 1. The third kappa shape index (κ3) is 4.77. The van der Waals surface area contributed by atoms with Crippen LogP contribution in [0.2, 0.25) is 0 Å². The van der Waals surface area contributed by atoms with Crippen molar-refractivity contribution in [2.75, 3.05) is 0 Å². The molecule has 0 unspecified atom stereocenters. The molecule has 6 aromatic carbocycles. The molecule has 0 aliphatic heterocycles. The fourth-order valence-corrected chi connectivity index (χ4v) is 7.86. The van der Waals surface area contributed by atoms with Crippen LogP contribution < -0.4 is 0 Å². The summed E-state index contributed by atoms with van der Waals surface area (Å²) in [6.45, 7) is 0. The monoisotopic (exact) mass is 658 g/mol. The Morgan fingerprint density at radius 1 is 0.440 bits per heavy atom. The molecule has 0 amide bonds. The summed E-state index contributed by atoms with van der Waals surface area (Å²) in [4.78, 5) is 20.5. The minimum absolute atomic E-state index is 0.639. The van der Waals surface area contributed by atoms with Crippen LogP contribution in [-0.4, -0.2) is 19.9 Å². The van der Waals surface area contributed by atoms with Gasteiger partial charge in [-0.15, -0.1) is 11.3 Å². The normalized spacial score (nSPS) is 11.6. The molecule has 6 heteroatoms. The van der Waals surface area contributed by atoms with Gasteiger partial charge in [0.1, 0.15) is 11.2 Å². The lowest BCUT2D eigenvalue weighted by Gasteiger charge is -2.09. The standard InChI is InChI=1S/C44H26N4OS/c1-4-13-27(14-5-1)35-26-36(46-43(45-35)29-17-8-3-9-18-29)30-23-24-37-34(25-30)31-20-12-21-33(41(31)49-37)44-47-39(28-15-6-2-7-16-28)42-40(48-44)32-19-10-11-22-38(32)50-42/h1-26H. The van der Waals surface area contributed by atoms with Crippen molar-refractivity contribution in [3.05, 3.63) is 158 Å². The molecule has 0 bridgehead atoms. The van der Waals surface area contributed by atoms with Crippen molar-refractivity contribution in [1.29, 1.82) is 0 Å². The number of aromatic nitrogens is 4. The molecule has 10 rings (SSSR count). The van der Waals surface area contributed by atoms with E-state index in [2.05, 4.69) is 97.1 Å². The van der Waals surface area contributed by atoms with Gasteiger partial charge in [0, 0.05) is 43.1 Å². The summed E-state index contributed by atoms with van der Waals surface area (Å²) in [5, 5.41) is 3.13. The van der Waals surface area contributed by atoms with Crippen molar-refractivity contribution in [2.45, 2.75) is 0 Å². The molecule has 0 aliphatic rings. The van der Waals surface area contributed by atoms with Gasteiger partial charge in [-0.2, -0.15) is 0 Å². The molecule has 50 heavy (non-hydrogen) atoms. The van der Waals surface area contributed by atoms with Crippen molar-refractivity contribution in [3.63, 3.8) is 0 Å². The van der Waals surface area contributed by atoms with E-state index in [1.807, 2.05) is 60.7 Å². The van der Waals surface area contributed by atoms with E-state index in [4.69, 9.17) is 24.4 Å². The van der Waals surface area contributed by atoms with Crippen LogP contribution in [0.15, 0.2) is 162 Å². The highest BCUT2D eigenvalue weighted by atomic mass is 32.1. The first-order valence-corrected chi connectivity index (χ1v) is 17.3. The van der Waals surface area contributed by atoms with Gasteiger partial charge in [-0.1, -0.05) is 121 Å². The van der Waals surface area contributed by atoms with E-state index in [1.54, 1.807) is 11.3 Å². The van der Waals surface area contributed by atoms with Gasteiger partial charge < -0.3 is 4.42 Å². The predicted octanol–water partition coefficient (Wildman–Crippen LogP) is 11.9. The number of hydrogen-bond donors (Lipinski definition) is 0. The van der Waals surface area contributed by atoms with Crippen LogP contribution in [0.5, 0.6) is 0 Å². The van der Waals surface area contributed by atoms with Crippen molar-refractivity contribution in [1.82, 2.24) is 19.9 Å². The van der Waals surface area contributed by atoms with Gasteiger partial charge in [-0.3, -0.25) is 0 Å². The van der Waals surface area contributed by atoms with Gasteiger partial charge >= 0.3 is 0 Å². The Bertz CT molecular complexity index is 2810. The molecule has 0 atom stereocenters. The summed E-state index contributed by atoms with van der Waals surface area (Å²) in [6.07, 6.45) is 0. The molecule has 0 fully saturated rings. The lowest BCUT2D eigenvalue weighted by Crippen LogP contribution is -1.95. The molecular formula is C44H26N4OS. The first kappa shape index (κ1) is 28.5. The van der Waals surface area contributed by atoms with Crippen molar-refractivity contribution in [3.8, 4) is 56.5 Å². The first-order chi connectivity index (χ1) is 24.8. The van der Waals surface area contributed by atoms with Crippen LogP contribution >= 0.6 is 11.3 Å². The van der Waals surface area contributed by atoms with Gasteiger partial charge in [0.2, 0.25) is 0 Å². The summed E-state index contributed by atoms with van der Waals surface area (Å²) in [6, 6.07) is 53.7.